The van der Waals surface area contributed by atoms with E-state index in [1.165, 1.54) is 0 Å². The van der Waals surface area contributed by atoms with Gasteiger partial charge in [-0.15, -0.1) is 6.42 Å². The Hall–Kier alpha value is -2.56. The van der Waals surface area contributed by atoms with Gasteiger partial charge in [0, 0.05) is 19.9 Å². The summed E-state index contributed by atoms with van der Waals surface area (Å²) in [6, 6.07) is -0.541. The molecule has 1 rings (SSSR count). The lowest BCUT2D eigenvalue weighted by Crippen LogP contribution is -2.43. The van der Waals surface area contributed by atoms with Gasteiger partial charge in [-0.05, 0) is 0 Å². The maximum Gasteiger partial charge on any atom is 0.323 e. The van der Waals surface area contributed by atoms with Crippen LogP contribution in [0.25, 0.3) is 0 Å². The smallest absolute Gasteiger partial charge is 0.323 e. The van der Waals surface area contributed by atoms with Crippen molar-refractivity contribution in [3.8, 4) is 12.3 Å². The molecule has 0 aliphatic carbocycles. The van der Waals surface area contributed by atoms with Gasteiger partial charge in [0.1, 0.15) is 6.54 Å². The lowest BCUT2D eigenvalue weighted by atomic mass is 10.4. The summed E-state index contributed by atoms with van der Waals surface area (Å²) in [7, 11) is 0. The minimum atomic E-state index is -1.13. The molecule has 0 radical (unpaired) electrons. The van der Waals surface area contributed by atoms with E-state index in [1.54, 1.807) is 6.92 Å². The first-order valence-corrected chi connectivity index (χ1v) is 5.50. The first kappa shape index (κ1) is 14.5. The number of terminal acetylenes is 1. The lowest BCUT2D eigenvalue weighted by molar-refractivity contribution is -0.137. The van der Waals surface area contributed by atoms with Crippen molar-refractivity contribution in [2.75, 3.05) is 19.6 Å². The molecule has 0 saturated heterocycles. The van der Waals surface area contributed by atoms with Crippen LogP contribution in [-0.4, -0.2) is 51.8 Å². The van der Waals surface area contributed by atoms with Crippen molar-refractivity contribution in [3.63, 3.8) is 0 Å². The molecule has 1 heterocycles. The highest BCUT2D eigenvalue weighted by Crippen LogP contribution is 1.95. The summed E-state index contributed by atoms with van der Waals surface area (Å²) in [5, 5.41) is 14.8. The number of amides is 2. The average molecular weight is 266 g/mol. The van der Waals surface area contributed by atoms with Gasteiger partial charge in [-0.2, -0.15) is 4.98 Å². The molecule has 0 aromatic carbocycles. The average Bonchev–Trinajstić information content (AvgIpc) is 2.74. The number of urea groups is 1. The number of nitrogens with zero attached hydrogens (tertiary/aromatic N) is 3. The molecular weight excluding hydrogens is 252 g/mol. The zero-order chi connectivity index (χ0) is 14.3. The third kappa shape index (κ3) is 5.08. The van der Waals surface area contributed by atoms with Crippen LogP contribution in [0.1, 0.15) is 11.7 Å². The number of carbonyl (C=O) groups is 2. The Morgan fingerprint density at radius 3 is 2.84 bits per heavy atom. The van der Waals surface area contributed by atoms with Crippen LogP contribution >= 0.6 is 0 Å². The van der Waals surface area contributed by atoms with Crippen LogP contribution in [0.4, 0.5) is 4.79 Å². The molecule has 8 nitrogen and oxygen atoms in total. The summed E-state index contributed by atoms with van der Waals surface area (Å²) in [4.78, 5) is 27.2. The van der Waals surface area contributed by atoms with E-state index in [2.05, 4.69) is 21.4 Å². The number of hydrogen-bond donors (Lipinski definition) is 2. The summed E-state index contributed by atoms with van der Waals surface area (Å²) in [5.41, 5.74) is 0. The fourth-order valence-corrected chi connectivity index (χ4v) is 1.31. The van der Waals surface area contributed by atoms with Gasteiger partial charge in [0.2, 0.25) is 5.89 Å². The van der Waals surface area contributed by atoms with Crippen molar-refractivity contribution in [1.82, 2.24) is 20.4 Å². The number of carbonyl (C=O) groups excluding carboxylic acids is 1. The first-order chi connectivity index (χ1) is 9.02. The molecule has 0 unspecified atom stereocenters. The Balaban J connectivity index is 2.39. The molecule has 19 heavy (non-hydrogen) atoms. The van der Waals surface area contributed by atoms with Crippen LogP contribution in [-0.2, 0) is 11.2 Å². The SMILES string of the molecule is C#CCN(CC(=O)O)C(=O)NCCc1noc(C)n1. The van der Waals surface area contributed by atoms with Crippen LogP contribution in [0.5, 0.6) is 0 Å². The molecule has 0 atom stereocenters. The van der Waals surface area contributed by atoms with Crippen LogP contribution in [0.15, 0.2) is 4.52 Å². The van der Waals surface area contributed by atoms with E-state index < -0.39 is 18.5 Å². The quantitative estimate of drug-likeness (QED) is 0.681. The highest BCUT2D eigenvalue weighted by atomic mass is 16.5. The summed E-state index contributed by atoms with van der Waals surface area (Å²) in [6.45, 7) is 1.41. The van der Waals surface area contributed by atoms with Crippen molar-refractivity contribution in [1.29, 1.82) is 0 Å². The number of aliphatic carboxylic acids is 1. The number of aryl methyl sites for hydroxylation is 1. The van der Waals surface area contributed by atoms with E-state index in [1.807, 2.05) is 0 Å². The lowest BCUT2D eigenvalue weighted by Gasteiger charge is -2.18. The van der Waals surface area contributed by atoms with Crippen molar-refractivity contribution >= 4 is 12.0 Å². The summed E-state index contributed by atoms with van der Waals surface area (Å²) in [6.07, 6.45) is 5.46. The molecule has 1 aromatic heterocycles. The molecule has 0 saturated carbocycles. The van der Waals surface area contributed by atoms with E-state index in [0.29, 0.717) is 18.1 Å². The number of carboxylic acids is 1. The summed E-state index contributed by atoms with van der Waals surface area (Å²) >= 11 is 0. The Labute approximate surface area is 109 Å². The summed E-state index contributed by atoms with van der Waals surface area (Å²) < 4.78 is 4.77. The highest BCUT2D eigenvalue weighted by molar-refractivity contribution is 5.80. The van der Waals surface area contributed by atoms with Gasteiger partial charge in [0.15, 0.2) is 5.82 Å². The predicted molar refractivity (Wildman–Crippen MR) is 64.2 cm³/mol. The molecule has 0 fully saturated rings. The number of aromatic nitrogens is 2. The molecule has 1 aromatic rings. The fraction of sp³-hybridized carbons (Fsp3) is 0.455. The van der Waals surface area contributed by atoms with E-state index in [4.69, 9.17) is 16.1 Å². The molecule has 2 N–H and O–H groups in total. The number of nitrogens with one attached hydrogen (secondary N) is 1. The van der Waals surface area contributed by atoms with E-state index >= 15 is 0 Å². The monoisotopic (exact) mass is 266 g/mol. The molecule has 2 amide bonds. The number of rotatable bonds is 6. The zero-order valence-electron chi connectivity index (χ0n) is 10.4. The molecule has 0 aliphatic rings. The van der Waals surface area contributed by atoms with Gasteiger partial charge in [0.05, 0.1) is 6.54 Å². The second-order valence-electron chi connectivity index (χ2n) is 3.67. The van der Waals surface area contributed by atoms with E-state index in [9.17, 15) is 9.59 Å². The number of hydrogen-bond acceptors (Lipinski definition) is 5. The second-order valence-corrected chi connectivity index (χ2v) is 3.67. The van der Waals surface area contributed by atoms with Crippen molar-refractivity contribution < 1.29 is 19.2 Å². The molecular formula is C11H14N4O4. The third-order valence-electron chi connectivity index (χ3n) is 2.09. The molecule has 0 spiro atoms. The van der Waals surface area contributed by atoms with Gasteiger partial charge in [-0.25, -0.2) is 4.79 Å². The largest absolute Gasteiger partial charge is 0.480 e. The first-order valence-electron chi connectivity index (χ1n) is 5.50. The zero-order valence-corrected chi connectivity index (χ0v) is 10.4. The minimum Gasteiger partial charge on any atom is -0.480 e. The molecule has 0 bridgehead atoms. The van der Waals surface area contributed by atoms with Crippen LogP contribution in [0.2, 0.25) is 0 Å². The second kappa shape index (κ2) is 7.00. The number of carboxylic acid groups (broad SMARTS) is 1. The summed E-state index contributed by atoms with van der Waals surface area (Å²) in [5.74, 6) is 2.02. The van der Waals surface area contributed by atoms with Gasteiger partial charge in [0.25, 0.3) is 0 Å². The van der Waals surface area contributed by atoms with Gasteiger partial charge < -0.3 is 19.8 Å². The maximum atomic E-state index is 11.7. The highest BCUT2D eigenvalue weighted by Gasteiger charge is 2.15. The Bertz CT molecular complexity index is 491. The van der Waals surface area contributed by atoms with Gasteiger partial charge >= 0.3 is 12.0 Å². The van der Waals surface area contributed by atoms with E-state index in [-0.39, 0.29) is 13.1 Å². The van der Waals surface area contributed by atoms with Crippen molar-refractivity contribution in [2.45, 2.75) is 13.3 Å². The maximum absolute atomic E-state index is 11.7. The standard InChI is InChI=1S/C11H14N4O4/c1-3-6-15(7-10(16)17)11(18)12-5-4-9-13-8(2)19-14-9/h1H,4-7H2,2H3,(H,12,18)(H,16,17). The normalized spacial score (nSPS) is 9.68. The minimum absolute atomic E-state index is 0.0700. The van der Waals surface area contributed by atoms with Gasteiger partial charge in [-0.1, -0.05) is 11.1 Å². The Morgan fingerprint density at radius 1 is 1.58 bits per heavy atom. The predicted octanol–water partition coefficient (Wildman–Crippen LogP) is -0.350. The molecule has 102 valence electrons. The topological polar surface area (TPSA) is 109 Å². The molecule has 0 aliphatic heterocycles. The fourth-order valence-electron chi connectivity index (χ4n) is 1.31. The Morgan fingerprint density at radius 2 is 2.32 bits per heavy atom. The van der Waals surface area contributed by atoms with Crippen molar-refractivity contribution in [3.05, 3.63) is 11.7 Å². The van der Waals surface area contributed by atoms with E-state index in [0.717, 1.165) is 4.90 Å². The van der Waals surface area contributed by atoms with Gasteiger partial charge in [-0.3, -0.25) is 4.79 Å². The molecule has 8 heteroatoms. The van der Waals surface area contributed by atoms with Crippen LogP contribution < -0.4 is 5.32 Å². The van der Waals surface area contributed by atoms with Crippen LogP contribution in [0.3, 0.4) is 0 Å². The Kier molecular flexibility index (Phi) is 5.35. The van der Waals surface area contributed by atoms with Crippen molar-refractivity contribution in [2.24, 2.45) is 0 Å². The third-order valence-corrected chi connectivity index (χ3v) is 2.09. The van der Waals surface area contributed by atoms with Crippen LogP contribution in [0, 0.1) is 19.3 Å².